The minimum absolute atomic E-state index is 0.183. The number of aryl methyl sites for hydroxylation is 2. The van der Waals surface area contributed by atoms with Crippen molar-refractivity contribution in [1.29, 1.82) is 0 Å². The van der Waals surface area contributed by atoms with Crippen LogP contribution < -0.4 is 13.8 Å². The van der Waals surface area contributed by atoms with Crippen LogP contribution in [0.1, 0.15) is 43.7 Å². The van der Waals surface area contributed by atoms with Gasteiger partial charge in [0.1, 0.15) is 15.7 Å². The summed E-state index contributed by atoms with van der Waals surface area (Å²) in [5.74, 6) is -0.398. The number of ether oxygens (including phenoxy) is 1. The van der Waals surface area contributed by atoms with Crippen molar-refractivity contribution in [2.75, 3.05) is 10.8 Å². The molecule has 2 aliphatic rings. The monoisotopic (exact) mass is 605 g/mol. The van der Waals surface area contributed by atoms with E-state index in [4.69, 9.17) is 0 Å². The van der Waals surface area contributed by atoms with E-state index in [1.165, 1.54) is 23.3 Å². The lowest BCUT2D eigenvalue weighted by Gasteiger charge is -2.38. The van der Waals surface area contributed by atoms with Crippen molar-refractivity contribution in [2.45, 2.75) is 74.1 Å². The Bertz CT molecular complexity index is 1410. The molecule has 4 atom stereocenters. The van der Waals surface area contributed by atoms with Gasteiger partial charge in [-0.05, 0) is 91.6 Å². The highest BCUT2D eigenvalue weighted by Gasteiger charge is 2.37. The van der Waals surface area contributed by atoms with Crippen LogP contribution in [0.2, 0.25) is 0 Å². The summed E-state index contributed by atoms with van der Waals surface area (Å²) in [6.45, 7) is 2.21. The molecule has 3 aromatic rings. The van der Waals surface area contributed by atoms with Crippen LogP contribution in [0, 0.1) is 0 Å². The number of benzene rings is 3. The number of halogens is 3. The molecule has 3 aromatic carbocycles. The van der Waals surface area contributed by atoms with Crippen LogP contribution in [-0.4, -0.2) is 39.6 Å². The van der Waals surface area contributed by atoms with Crippen LogP contribution in [0.3, 0.4) is 0 Å². The largest absolute Gasteiger partial charge is 0.573 e. The Morgan fingerprint density at radius 1 is 1.00 bits per heavy atom. The van der Waals surface area contributed by atoms with Crippen LogP contribution in [0.4, 0.5) is 24.5 Å². The van der Waals surface area contributed by atoms with Crippen molar-refractivity contribution in [3.8, 4) is 5.75 Å². The molecule has 1 heterocycles. The third kappa shape index (κ3) is 7.02. The molecule has 1 aliphatic heterocycles. The Labute approximate surface area is 243 Å². The van der Waals surface area contributed by atoms with Crippen molar-refractivity contribution >= 4 is 33.2 Å². The average Bonchev–Trinajstić information content (AvgIpc) is 3.11. The first kappa shape index (κ1) is 29.8. The van der Waals surface area contributed by atoms with E-state index in [0.717, 1.165) is 49.2 Å². The van der Waals surface area contributed by atoms with E-state index in [0.29, 0.717) is 19.4 Å². The lowest BCUT2D eigenvalue weighted by Crippen LogP contribution is -2.50. The summed E-state index contributed by atoms with van der Waals surface area (Å²) in [6, 6.07) is 21.1. The van der Waals surface area contributed by atoms with Crippen molar-refractivity contribution in [3.05, 3.63) is 83.9 Å². The van der Waals surface area contributed by atoms with Crippen LogP contribution in [-0.2, 0) is 22.8 Å². The Hall–Kier alpha value is -2.73. The maximum Gasteiger partial charge on any atom is 0.573 e. The summed E-state index contributed by atoms with van der Waals surface area (Å²) < 4.78 is 65.8. The number of rotatable bonds is 8. The fraction of sp³-hybridized carbons (Fsp3) is 0.400. The number of aliphatic hydroxyl groups excluding tert-OH is 1. The first-order valence-electron chi connectivity index (χ1n) is 13.8. The third-order valence-electron chi connectivity index (χ3n) is 7.31. The highest BCUT2D eigenvalue weighted by molar-refractivity contribution is 8.01. The van der Waals surface area contributed by atoms with E-state index >= 15 is 0 Å². The lowest BCUT2D eigenvalue weighted by atomic mass is 9.93. The molecule has 1 aliphatic carbocycles. The molecule has 2 unspecified atom stereocenters. The van der Waals surface area contributed by atoms with E-state index in [-0.39, 0.29) is 10.1 Å². The zero-order valence-corrected chi connectivity index (χ0v) is 24.4. The number of hydrogen-bond acceptors (Lipinski definition) is 6. The molecular formula is C30H34F3N3O3S2. The van der Waals surface area contributed by atoms with E-state index in [2.05, 4.69) is 42.4 Å². The number of nitrogens with one attached hydrogen (secondary N) is 1. The number of fused-ring (bicyclic) bond motifs is 2. The summed E-state index contributed by atoms with van der Waals surface area (Å²) in [7, 11) is -3.23. The van der Waals surface area contributed by atoms with Gasteiger partial charge in [0.05, 0.1) is 27.6 Å². The maximum absolute atomic E-state index is 14.2. The lowest BCUT2D eigenvalue weighted by molar-refractivity contribution is -0.274. The number of aliphatic hydroxyl groups is 1. The predicted octanol–water partition coefficient (Wildman–Crippen LogP) is 7.19. The van der Waals surface area contributed by atoms with Gasteiger partial charge >= 0.3 is 6.36 Å². The Morgan fingerprint density at radius 3 is 2.20 bits per heavy atom. The van der Waals surface area contributed by atoms with Gasteiger partial charge in [0.15, 0.2) is 0 Å². The number of para-hydroxylation sites is 2. The Kier molecular flexibility index (Phi) is 9.18. The van der Waals surface area contributed by atoms with Gasteiger partial charge in [-0.15, -0.1) is 13.2 Å². The summed E-state index contributed by atoms with van der Waals surface area (Å²) in [5.41, 5.74) is 4.70. The van der Waals surface area contributed by atoms with Gasteiger partial charge < -0.3 is 9.84 Å². The number of nitrogens with zero attached hydrogens (tertiary/aromatic N) is 2. The van der Waals surface area contributed by atoms with Crippen molar-refractivity contribution in [2.24, 2.45) is 4.36 Å². The summed E-state index contributed by atoms with van der Waals surface area (Å²) in [6.07, 6.45) is -0.965. The predicted molar refractivity (Wildman–Crippen MR) is 158 cm³/mol. The molecule has 1 fully saturated rings. The fourth-order valence-corrected chi connectivity index (χ4v) is 8.72. The summed E-state index contributed by atoms with van der Waals surface area (Å²) in [5, 5.41) is 11.4. The number of hydrogen-bond donors (Lipinski definition) is 2. The molecular weight excluding hydrogens is 571 g/mol. The third-order valence-corrected chi connectivity index (χ3v) is 10.8. The van der Waals surface area contributed by atoms with Gasteiger partial charge in [0, 0.05) is 12.6 Å². The SMILES string of the molecule is CCCN=S(=O)(N[C@@H]1CCCC(SN2c3ccccc3CCc3ccccc32)[C@@H]1O)c1ccc(OC(F)(F)F)cc1. The van der Waals surface area contributed by atoms with Crippen molar-refractivity contribution < 1.29 is 27.2 Å². The van der Waals surface area contributed by atoms with Gasteiger partial charge in [-0.3, -0.25) is 4.31 Å². The zero-order valence-electron chi connectivity index (χ0n) is 22.7. The topological polar surface area (TPSA) is 74.2 Å². The van der Waals surface area contributed by atoms with Gasteiger partial charge in [0.25, 0.3) is 0 Å². The Balaban J connectivity index is 1.39. The second kappa shape index (κ2) is 12.6. The molecule has 2 N–H and O–H groups in total. The first-order valence-corrected chi connectivity index (χ1v) is 16.2. The zero-order chi connectivity index (χ0) is 29.0. The van der Waals surface area contributed by atoms with Gasteiger partial charge in [0.2, 0.25) is 0 Å². The first-order chi connectivity index (χ1) is 19.7. The minimum Gasteiger partial charge on any atom is -0.406 e. The molecule has 1 saturated carbocycles. The van der Waals surface area contributed by atoms with Gasteiger partial charge in [-0.1, -0.05) is 49.7 Å². The molecule has 0 spiro atoms. The van der Waals surface area contributed by atoms with Crippen LogP contribution >= 0.6 is 11.9 Å². The smallest absolute Gasteiger partial charge is 0.406 e. The summed E-state index contributed by atoms with van der Waals surface area (Å²) in [4.78, 5) is 0.248. The molecule has 41 heavy (non-hydrogen) atoms. The average molecular weight is 606 g/mol. The molecule has 220 valence electrons. The fourth-order valence-electron chi connectivity index (χ4n) is 5.30. The molecule has 0 amide bonds. The van der Waals surface area contributed by atoms with Crippen LogP contribution in [0.15, 0.2) is 82.1 Å². The van der Waals surface area contributed by atoms with E-state index in [1.54, 1.807) is 11.9 Å². The second-order valence-electron chi connectivity index (χ2n) is 10.2. The molecule has 6 nitrogen and oxygen atoms in total. The quantitative estimate of drug-likeness (QED) is 0.266. The van der Waals surface area contributed by atoms with Gasteiger partial charge in [-0.2, -0.15) is 0 Å². The van der Waals surface area contributed by atoms with E-state index in [9.17, 15) is 22.5 Å². The molecule has 0 aromatic heterocycles. The second-order valence-corrected chi connectivity index (χ2v) is 13.4. The van der Waals surface area contributed by atoms with E-state index in [1.807, 2.05) is 31.2 Å². The van der Waals surface area contributed by atoms with E-state index < -0.39 is 34.2 Å². The van der Waals surface area contributed by atoms with Crippen LogP contribution in [0.25, 0.3) is 0 Å². The van der Waals surface area contributed by atoms with Crippen molar-refractivity contribution in [3.63, 3.8) is 0 Å². The van der Waals surface area contributed by atoms with Crippen LogP contribution in [0.5, 0.6) is 5.75 Å². The molecule has 0 radical (unpaired) electrons. The maximum atomic E-state index is 14.2. The van der Waals surface area contributed by atoms with Crippen molar-refractivity contribution in [1.82, 2.24) is 4.72 Å². The number of alkyl halides is 3. The molecule has 0 bridgehead atoms. The Morgan fingerprint density at radius 2 is 1.61 bits per heavy atom. The van der Waals surface area contributed by atoms with Gasteiger partial charge in [-0.25, -0.2) is 13.3 Å². The highest BCUT2D eigenvalue weighted by atomic mass is 32.2. The standard InChI is InChI=1S/C30H34F3N3O3S2/c1-2-20-34-41(38,24-18-16-23(17-19-24)39-30(31,32)33)35-25-10-7-13-28(29(25)37)40-36-26-11-5-3-8-21(26)14-15-22-9-4-6-12-27(22)36/h3-6,8-9,11-12,16-19,25,28-29,37H,2,7,10,13-15,20H2,1H3,(H,34,35,38)/t25-,28?,29-,41?/m1/s1. The molecule has 5 rings (SSSR count). The molecule has 0 saturated heterocycles. The highest BCUT2D eigenvalue weighted by Crippen LogP contribution is 2.44. The normalized spacial score (nSPS) is 22.2. The summed E-state index contributed by atoms with van der Waals surface area (Å²) >= 11 is 1.60. The molecule has 11 heteroatoms. The number of anilines is 2. The minimum atomic E-state index is -4.82.